The minimum atomic E-state index is -1.26. The molecular formula is C26H34N2O8. The Labute approximate surface area is 210 Å². The van der Waals surface area contributed by atoms with Gasteiger partial charge in [-0.2, -0.15) is 0 Å². The summed E-state index contributed by atoms with van der Waals surface area (Å²) in [5.41, 5.74) is 3.12. The van der Waals surface area contributed by atoms with Crippen molar-refractivity contribution < 1.29 is 39.6 Å². The molecule has 0 amide bonds. The lowest BCUT2D eigenvalue weighted by atomic mass is 9.94. The summed E-state index contributed by atoms with van der Waals surface area (Å²) in [4.78, 5) is 43.7. The zero-order valence-corrected chi connectivity index (χ0v) is 20.2. The van der Waals surface area contributed by atoms with Crippen molar-refractivity contribution in [3.05, 3.63) is 59.7 Å². The molecule has 4 rings (SSSR count). The highest BCUT2D eigenvalue weighted by molar-refractivity contribution is 5.90. The Hall–Kier alpha value is -3.50. The van der Waals surface area contributed by atoms with Gasteiger partial charge in [0.05, 0.1) is 0 Å². The number of rotatable bonds is 6. The van der Waals surface area contributed by atoms with Gasteiger partial charge in [-0.25, -0.2) is 19.2 Å². The maximum Gasteiger partial charge on any atom is 0.328 e. The van der Waals surface area contributed by atoms with Gasteiger partial charge in [0.25, 0.3) is 0 Å². The third kappa shape index (κ3) is 10.4. The Balaban J connectivity index is 0.000000239. The minimum Gasteiger partial charge on any atom is -0.478 e. The number of hydrogen-bond donors (Lipinski definition) is 4. The van der Waals surface area contributed by atoms with Gasteiger partial charge in [0.1, 0.15) is 0 Å². The number of likely N-dealkylation sites (tertiary alicyclic amines) is 1. The van der Waals surface area contributed by atoms with Crippen LogP contribution in [0.4, 0.5) is 0 Å². The number of carboxylic acid groups (broad SMARTS) is 4. The van der Waals surface area contributed by atoms with Crippen LogP contribution in [0.1, 0.15) is 49.7 Å². The summed E-state index contributed by atoms with van der Waals surface area (Å²) in [5.74, 6) is -5.03. The van der Waals surface area contributed by atoms with E-state index >= 15 is 0 Å². The second-order valence-electron chi connectivity index (χ2n) is 8.92. The lowest BCUT2D eigenvalue weighted by Gasteiger charge is -2.32. The first kappa shape index (κ1) is 28.7. The van der Waals surface area contributed by atoms with Gasteiger partial charge in [0.15, 0.2) is 0 Å². The summed E-state index contributed by atoms with van der Waals surface area (Å²) in [6, 6.07) is 10.7. The largest absolute Gasteiger partial charge is 0.478 e. The number of aliphatic carboxylic acids is 4. The summed E-state index contributed by atoms with van der Waals surface area (Å²) < 4.78 is 0. The van der Waals surface area contributed by atoms with Crippen LogP contribution in [-0.4, -0.2) is 79.3 Å². The second-order valence-corrected chi connectivity index (χ2v) is 8.92. The smallest absolute Gasteiger partial charge is 0.328 e. The van der Waals surface area contributed by atoms with Crippen LogP contribution in [0.2, 0.25) is 0 Å². The Bertz CT molecular complexity index is 877. The van der Waals surface area contributed by atoms with Crippen LogP contribution in [-0.2, 0) is 32.3 Å². The number of hydrogen-bond acceptors (Lipinski definition) is 6. The van der Waals surface area contributed by atoms with E-state index in [1.54, 1.807) is 11.1 Å². The summed E-state index contributed by atoms with van der Waals surface area (Å²) in [6.45, 7) is 5.01. The van der Waals surface area contributed by atoms with Crippen molar-refractivity contribution in [1.29, 1.82) is 0 Å². The Morgan fingerprint density at radius 3 is 1.50 bits per heavy atom. The van der Waals surface area contributed by atoms with Crippen molar-refractivity contribution in [1.82, 2.24) is 9.80 Å². The fourth-order valence-corrected chi connectivity index (χ4v) is 4.75. The molecule has 0 bridgehead atoms. The van der Waals surface area contributed by atoms with E-state index in [0.717, 1.165) is 12.1 Å². The maximum atomic E-state index is 9.55. The first-order chi connectivity index (χ1) is 17.2. The van der Waals surface area contributed by atoms with Crippen LogP contribution in [0.3, 0.4) is 0 Å². The van der Waals surface area contributed by atoms with Gasteiger partial charge < -0.3 is 20.4 Å². The highest BCUT2D eigenvalue weighted by Gasteiger charge is 2.34. The van der Waals surface area contributed by atoms with E-state index in [9.17, 15) is 19.2 Å². The fourth-order valence-electron chi connectivity index (χ4n) is 4.75. The Morgan fingerprint density at radius 1 is 0.639 bits per heavy atom. The topological polar surface area (TPSA) is 156 Å². The highest BCUT2D eigenvalue weighted by atomic mass is 16.4. The standard InChI is InChI=1S/C18H26N2.2C4H4O4/c1-2-8-17(9-3-1)19-11-10-18(14-19)20-12-15-6-4-5-7-16(15)13-20;2*5-3(6)1-2-4(7)8/h4-7,17-18H,1-3,8-14H2;2*1-2H,(H,5,6)(H,7,8)/b;2*2-1+. The molecular weight excluding hydrogens is 468 g/mol. The molecule has 0 radical (unpaired) electrons. The number of fused-ring (bicyclic) bond motifs is 1. The van der Waals surface area contributed by atoms with Crippen LogP contribution in [0.15, 0.2) is 48.6 Å². The van der Waals surface area contributed by atoms with E-state index in [0.29, 0.717) is 24.3 Å². The molecule has 2 aliphatic heterocycles. The molecule has 1 aromatic carbocycles. The van der Waals surface area contributed by atoms with Gasteiger partial charge in [-0.05, 0) is 30.4 Å². The van der Waals surface area contributed by atoms with E-state index < -0.39 is 23.9 Å². The second kappa shape index (κ2) is 14.8. The van der Waals surface area contributed by atoms with E-state index in [2.05, 4.69) is 34.1 Å². The molecule has 1 atom stereocenters. The predicted molar refractivity (Wildman–Crippen MR) is 131 cm³/mol. The van der Waals surface area contributed by atoms with E-state index in [-0.39, 0.29) is 0 Å². The van der Waals surface area contributed by atoms with Gasteiger partial charge in [0.2, 0.25) is 0 Å². The van der Waals surface area contributed by atoms with Gasteiger partial charge in [-0.1, -0.05) is 43.5 Å². The normalized spacial score (nSPS) is 20.3. The molecule has 196 valence electrons. The molecule has 4 N–H and O–H groups in total. The van der Waals surface area contributed by atoms with Crippen molar-refractivity contribution in [3.8, 4) is 0 Å². The quantitative estimate of drug-likeness (QED) is 0.427. The molecule has 2 fully saturated rings. The third-order valence-corrected chi connectivity index (χ3v) is 6.40. The van der Waals surface area contributed by atoms with Gasteiger partial charge in [-0.15, -0.1) is 0 Å². The molecule has 0 aromatic heterocycles. The molecule has 1 aliphatic carbocycles. The maximum absolute atomic E-state index is 9.55. The number of carbonyl (C=O) groups is 4. The fraction of sp³-hybridized carbons (Fsp3) is 0.462. The van der Waals surface area contributed by atoms with Crippen LogP contribution in [0, 0.1) is 0 Å². The van der Waals surface area contributed by atoms with Gasteiger partial charge in [0, 0.05) is 62.6 Å². The van der Waals surface area contributed by atoms with Gasteiger partial charge >= 0.3 is 23.9 Å². The molecule has 1 unspecified atom stereocenters. The van der Waals surface area contributed by atoms with Crippen LogP contribution >= 0.6 is 0 Å². The molecule has 1 saturated carbocycles. The van der Waals surface area contributed by atoms with Crippen LogP contribution < -0.4 is 0 Å². The molecule has 10 nitrogen and oxygen atoms in total. The van der Waals surface area contributed by atoms with E-state index in [4.69, 9.17) is 20.4 Å². The van der Waals surface area contributed by atoms with Crippen molar-refractivity contribution in [2.24, 2.45) is 0 Å². The highest BCUT2D eigenvalue weighted by Crippen LogP contribution is 2.31. The van der Waals surface area contributed by atoms with Crippen molar-refractivity contribution in [3.63, 3.8) is 0 Å². The average Bonchev–Trinajstić information content (AvgIpc) is 3.50. The lowest BCUT2D eigenvalue weighted by Crippen LogP contribution is -2.38. The molecule has 0 spiro atoms. The Morgan fingerprint density at radius 2 is 1.08 bits per heavy atom. The van der Waals surface area contributed by atoms with E-state index in [1.807, 2.05) is 0 Å². The molecule has 36 heavy (non-hydrogen) atoms. The summed E-state index contributed by atoms with van der Waals surface area (Å²) >= 11 is 0. The Kier molecular flexibility index (Phi) is 11.8. The minimum absolute atomic E-state index is 0.558. The monoisotopic (exact) mass is 502 g/mol. The van der Waals surface area contributed by atoms with Crippen molar-refractivity contribution in [2.45, 2.75) is 63.7 Å². The summed E-state index contributed by atoms with van der Waals surface area (Å²) in [7, 11) is 0. The molecule has 3 aliphatic rings. The van der Waals surface area contributed by atoms with E-state index in [1.165, 1.54) is 64.7 Å². The van der Waals surface area contributed by atoms with Gasteiger partial charge in [-0.3, -0.25) is 9.80 Å². The van der Waals surface area contributed by atoms with Crippen LogP contribution in [0.5, 0.6) is 0 Å². The first-order valence-electron chi connectivity index (χ1n) is 12.0. The van der Waals surface area contributed by atoms with Crippen molar-refractivity contribution >= 4 is 23.9 Å². The van der Waals surface area contributed by atoms with Crippen LogP contribution in [0.25, 0.3) is 0 Å². The molecule has 2 heterocycles. The zero-order chi connectivity index (χ0) is 26.5. The third-order valence-electron chi connectivity index (χ3n) is 6.40. The first-order valence-corrected chi connectivity index (χ1v) is 12.0. The number of nitrogens with zero attached hydrogens (tertiary/aromatic N) is 2. The average molecular weight is 503 g/mol. The molecule has 1 saturated heterocycles. The number of carboxylic acids is 4. The lowest BCUT2D eigenvalue weighted by molar-refractivity contribution is -0.134. The summed E-state index contributed by atoms with van der Waals surface area (Å²) in [5, 5.41) is 31.2. The zero-order valence-electron chi connectivity index (χ0n) is 20.2. The predicted octanol–water partition coefficient (Wildman–Crippen LogP) is 2.83. The summed E-state index contributed by atoms with van der Waals surface area (Å²) in [6.07, 6.45) is 10.9. The van der Waals surface area contributed by atoms with Crippen molar-refractivity contribution in [2.75, 3.05) is 13.1 Å². The number of benzene rings is 1. The molecule has 1 aromatic rings. The SMILES string of the molecule is O=C(O)/C=C/C(=O)O.O=C(O)/C=C/C(=O)O.c1ccc2c(c1)CN(C1CCN(C3CCCCC3)C1)C2. The molecule has 10 heteroatoms.